The number of rotatable bonds is 1. The maximum atomic E-state index is 12.7. The monoisotopic (exact) mass is 325 g/mol. The van der Waals surface area contributed by atoms with Crippen LogP contribution in [-0.2, 0) is 4.79 Å². The molecule has 116 valence electrons. The molecule has 6 heteroatoms. The largest absolute Gasteiger partial charge is 0.311 e. The highest BCUT2D eigenvalue weighted by Crippen LogP contribution is 2.38. The van der Waals surface area contributed by atoms with Crippen LogP contribution in [-0.4, -0.2) is 15.3 Å². The summed E-state index contributed by atoms with van der Waals surface area (Å²) in [6.45, 7) is 3.91. The Bertz CT molecular complexity index is 1000. The first-order chi connectivity index (χ1) is 11.1. The van der Waals surface area contributed by atoms with Crippen molar-refractivity contribution in [3.63, 3.8) is 0 Å². The van der Waals surface area contributed by atoms with Crippen molar-refractivity contribution in [2.24, 2.45) is 0 Å². The van der Waals surface area contributed by atoms with Gasteiger partial charge < -0.3 is 5.32 Å². The Labute approximate surface area is 136 Å². The van der Waals surface area contributed by atoms with E-state index in [4.69, 9.17) is 0 Å². The van der Waals surface area contributed by atoms with Crippen LogP contribution >= 0.6 is 11.3 Å². The lowest BCUT2D eigenvalue weighted by Gasteiger charge is -2.26. The SMILES string of the molecule is Cc1ccsc1C1CC(=O)Nc2c1c(=O)nc1c(C)cccn21. The Morgan fingerprint density at radius 2 is 2.09 bits per heavy atom. The number of nitrogens with zero attached hydrogens (tertiary/aromatic N) is 2. The summed E-state index contributed by atoms with van der Waals surface area (Å²) in [4.78, 5) is 30.2. The van der Waals surface area contributed by atoms with Crippen LogP contribution in [0.5, 0.6) is 0 Å². The topological polar surface area (TPSA) is 63.5 Å². The molecule has 1 aliphatic heterocycles. The molecule has 0 radical (unpaired) electrons. The van der Waals surface area contributed by atoms with Crippen molar-refractivity contribution in [1.82, 2.24) is 9.38 Å². The molecule has 0 spiro atoms. The minimum Gasteiger partial charge on any atom is -0.311 e. The van der Waals surface area contributed by atoms with E-state index in [9.17, 15) is 9.59 Å². The summed E-state index contributed by atoms with van der Waals surface area (Å²) in [6.07, 6.45) is 2.11. The molecule has 5 nitrogen and oxygen atoms in total. The third-order valence-electron chi connectivity index (χ3n) is 4.31. The van der Waals surface area contributed by atoms with E-state index in [1.165, 1.54) is 0 Å². The number of amides is 1. The summed E-state index contributed by atoms with van der Waals surface area (Å²) < 4.78 is 1.80. The average Bonchev–Trinajstić information content (AvgIpc) is 2.93. The van der Waals surface area contributed by atoms with Crippen molar-refractivity contribution >= 4 is 28.7 Å². The predicted molar refractivity (Wildman–Crippen MR) is 90.3 cm³/mol. The van der Waals surface area contributed by atoms with Crippen molar-refractivity contribution in [2.75, 3.05) is 5.32 Å². The minimum absolute atomic E-state index is 0.0730. The van der Waals surface area contributed by atoms with E-state index >= 15 is 0 Å². The highest BCUT2D eigenvalue weighted by Gasteiger charge is 2.33. The molecule has 0 fully saturated rings. The van der Waals surface area contributed by atoms with E-state index in [-0.39, 0.29) is 23.8 Å². The fraction of sp³-hybridized carbons (Fsp3) is 0.235. The molecule has 1 aliphatic rings. The van der Waals surface area contributed by atoms with Gasteiger partial charge in [0.15, 0.2) is 0 Å². The second-order valence-electron chi connectivity index (χ2n) is 5.84. The van der Waals surface area contributed by atoms with Crippen LogP contribution < -0.4 is 10.9 Å². The molecule has 0 aliphatic carbocycles. The number of hydrogen-bond donors (Lipinski definition) is 1. The number of nitrogens with one attached hydrogen (secondary N) is 1. The smallest absolute Gasteiger partial charge is 0.279 e. The van der Waals surface area contributed by atoms with E-state index in [1.54, 1.807) is 15.7 Å². The number of carbonyl (C=O) groups excluding carboxylic acids is 1. The second-order valence-corrected chi connectivity index (χ2v) is 6.78. The number of aromatic nitrogens is 2. The first-order valence-corrected chi connectivity index (χ1v) is 8.30. The minimum atomic E-state index is -0.257. The van der Waals surface area contributed by atoms with Gasteiger partial charge in [-0.1, -0.05) is 6.07 Å². The molecule has 0 saturated carbocycles. The van der Waals surface area contributed by atoms with E-state index in [0.29, 0.717) is 17.0 Å². The fourth-order valence-corrected chi connectivity index (χ4v) is 4.23. The third kappa shape index (κ3) is 2.09. The second kappa shape index (κ2) is 5.03. The number of fused-ring (bicyclic) bond motifs is 3. The zero-order chi connectivity index (χ0) is 16.1. The first kappa shape index (κ1) is 14.1. The summed E-state index contributed by atoms with van der Waals surface area (Å²) in [5.41, 5.74) is 2.91. The fourth-order valence-electron chi connectivity index (χ4n) is 3.20. The Hall–Kier alpha value is -2.47. The Morgan fingerprint density at radius 1 is 1.26 bits per heavy atom. The van der Waals surface area contributed by atoms with Gasteiger partial charge in [0.2, 0.25) is 5.91 Å². The molecule has 1 amide bonds. The van der Waals surface area contributed by atoms with Gasteiger partial charge in [-0.2, -0.15) is 4.98 Å². The molecule has 23 heavy (non-hydrogen) atoms. The summed E-state index contributed by atoms with van der Waals surface area (Å²) in [5, 5.41) is 4.86. The standard InChI is InChI=1S/C17H15N3O2S/c1-9-5-7-23-14(9)11-8-12(21)18-16-13(11)17(22)19-15-10(2)4-3-6-20(15)16/h3-7,11H,8H2,1-2H3,(H,18,21). The highest BCUT2D eigenvalue weighted by molar-refractivity contribution is 7.10. The molecule has 1 atom stereocenters. The summed E-state index contributed by atoms with van der Waals surface area (Å²) in [6, 6.07) is 5.81. The van der Waals surface area contributed by atoms with Crippen LogP contribution in [0.4, 0.5) is 5.82 Å². The highest BCUT2D eigenvalue weighted by atomic mass is 32.1. The molecule has 1 N–H and O–H groups in total. The lowest BCUT2D eigenvalue weighted by molar-refractivity contribution is -0.116. The number of aryl methyl sites for hydroxylation is 2. The van der Waals surface area contributed by atoms with Gasteiger partial charge in [0.05, 0.1) is 5.56 Å². The van der Waals surface area contributed by atoms with Crippen molar-refractivity contribution in [2.45, 2.75) is 26.2 Å². The van der Waals surface area contributed by atoms with Gasteiger partial charge in [-0.15, -0.1) is 11.3 Å². The normalized spacial score (nSPS) is 17.1. The Kier molecular flexibility index (Phi) is 3.09. The lowest BCUT2D eigenvalue weighted by atomic mass is 9.90. The van der Waals surface area contributed by atoms with Crippen molar-refractivity contribution in [3.8, 4) is 0 Å². The maximum absolute atomic E-state index is 12.7. The lowest BCUT2D eigenvalue weighted by Crippen LogP contribution is -2.32. The van der Waals surface area contributed by atoms with Crippen LogP contribution in [0.2, 0.25) is 0 Å². The van der Waals surface area contributed by atoms with Crippen molar-refractivity contribution in [3.05, 3.63) is 61.7 Å². The third-order valence-corrected chi connectivity index (χ3v) is 5.44. The molecule has 0 bridgehead atoms. The van der Waals surface area contributed by atoms with Gasteiger partial charge in [0.1, 0.15) is 11.5 Å². The quantitative estimate of drug-likeness (QED) is 0.748. The van der Waals surface area contributed by atoms with Gasteiger partial charge in [0.25, 0.3) is 5.56 Å². The van der Waals surface area contributed by atoms with Gasteiger partial charge in [0, 0.05) is 23.4 Å². The molecule has 4 rings (SSSR count). The van der Waals surface area contributed by atoms with Crippen LogP contribution in [0, 0.1) is 13.8 Å². The molecule has 1 unspecified atom stereocenters. The summed E-state index contributed by atoms with van der Waals surface area (Å²) >= 11 is 1.58. The number of thiophene rings is 1. The number of pyridine rings is 1. The van der Waals surface area contributed by atoms with Crippen LogP contribution in [0.3, 0.4) is 0 Å². The van der Waals surface area contributed by atoms with Gasteiger partial charge >= 0.3 is 0 Å². The zero-order valence-corrected chi connectivity index (χ0v) is 13.6. The Balaban J connectivity index is 2.07. The summed E-state index contributed by atoms with van der Waals surface area (Å²) in [7, 11) is 0. The Morgan fingerprint density at radius 3 is 2.83 bits per heavy atom. The van der Waals surface area contributed by atoms with Gasteiger partial charge in [-0.3, -0.25) is 14.0 Å². The first-order valence-electron chi connectivity index (χ1n) is 7.42. The zero-order valence-electron chi connectivity index (χ0n) is 12.8. The predicted octanol–water partition coefficient (Wildman–Crippen LogP) is 2.85. The molecule has 3 aromatic rings. The number of carbonyl (C=O) groups is 1. The van der Waals surface area contributed by atoms with Crippen LogP contribution in [0.1, 0.15) is 33.9 Å². The molecule has 4 heterocycles. The van der Waals surface area contributed by atoms with Crippen LogP contribution in [0.15, 0.2) is 34.6 Å². The molecular formula is C17H15N3O2S. The van der Waals surface area contributed by atoms with E-state index < -0.39 is 0 Å². The molecule has 3 aromatic heterocycles. The number of anilines is 1. The van der Waals surface area contributed by atoms with E-state index in [1.807, 2.05) is 43.6 Å². The van der Waals surface area contributed by atoms with Crippen LogP contribution in [0.25, 0.3) is 5.65 Å². The van der Waals surface area contributed by atoms with Crippen molar-refractivity contribution < 1.29 is 4.79 Å². The van der Waals surface area contributed by atoms with Gasteiger partial charge in [-0.05, 0) is 42.5 Å². The molecule has 0 saturated heterocycles. The summed E-state index contributed by atoms with van der Waals surface area (Å²) in [5.74, 6) is 0.255. The molecule has 0 aromatic carbocycles. The van der Waals surface area contributed by atoms with E-state index in [0.717, 1.165) is 16.0 Å². The van der Waals surface area contributed by atoms with E-state index in [2.05, 4.69) is 10.3 Å². The maximum Gasteiger partial charge on any atom is 0.279 e. The number of hydrogen-bond acceptors (Lipinski definition) is 4. The van der Waals surface area contributed by atoms with Gasteiger partial charge in [-0.25, -0.2) is 0 Å². The van der Waals surface area contributed by atoms with Crippen molar-refractivity contribution in [1.29, 1.82) is 0 Å². The average molecular weight is 325 g/mol. The molecular weight excluding hydrogens is 310 g/mol.